The van der Waals surface area contributed by atoms with Crippen LogP contribution in [0.3, 0.4) is 0 Å². The maximum atomic E-state index is 5.51. The summed E-state index contributed by atoms with van der Waals surface area (Å²) in [6.07, 6.45) is -0.0899. The van der Waals surface area contributed by atoms with Crippen LogP contribution in [-0.2, 0) is 4.29 Å². The Hall–Kier alpha value is -0.570. The van der Waals surface area contributed by atoms with Gasteiger partial charge in [-0.05, 0) is 26.6 Å². The highest BCUT2D eigenvalue weighted by Crippen LogP contribution is 2.24. The number of hydrogen-bond acceptors (Lipinski definition) is 2. The minimum absolute atomic E-state index is 0.0899. The molecule has 0 aromatic heterocycles. The maximum absolute atomic E-state index is 5.51. The Bertz CT molecular complexity index is 263. The Kier molecular flexibility index (Phi) is 4.39. The highest BCUT2D eigenvalue weighted by molar-refractivity contribution is 6.07. The maximum Gasteiger partial charge on any atom is 0.119 e. The molecule has 78 valence electrons. The lowest BCUT2D eigenvalue weighted by Gasteiger charge is -2.26. The van der Waals surface area contributed by atoms with Gasteiger partial charge in [-0.25, -0.2) is 0 Å². The fourth-order valence-corrected chi connectivity index (χ4v) is 1.57. The molecule has 3 heteroatoms. The third-order valence-electron chi connectivity index (χ3n) is 2.48. The minimum Gasteiger partial charge on any atom is -0.304 e. The number of hydrogen-bond donors (Lipinski definition) is 0. The van der Waals surface area contributed by atoms with Crippen LogP contribution in [0.25, 0.3) is 0 Å². The minimum atomic E-state index is -0.0899. The third kappa shape index (κ3) is 2.71. The number of benzene rings is 1. The molecule has 0 aliphatic rings. The van der Waals surface area contributed by atoms with Crippen LogP contribution >= 0.6 is 11.9 Å². The number of rotatable bonds is 4. The zero-order valence-electron chi connectivity index (χ0n) is 8.77. The van der Waals surface area contributed by atoms with E-state index in [-0.39, 0.29) is 12.1 Å². The highest BCUT2D eigenvalue weighted by Gasteiger charge is 2.21. The smallest absolute Gasteiger partial charge is 0.119 e. The van der Waals surface area contributed by atoms with Gasteiger partial charge in [0.25, 0.3) is 0 Å². The van der Waals surface area contributed by atoms with Crippen LogP contribution in [0.15, 0.2) is 30.3 Å². The molecule has 0 aliphatic carbocycles. The molecule has 14 heavy (non-hydrogen) atoms. The Morgan fingerprint density at radius 2 is 1.79 bits per heavy atom. The summed E-state index contributed by atoms with van der Waals surface area (Å²) >= 11 is 5.51. The summed E-state index contributed by atoms with van der Waals surface area (Å²) < 4.78 is 4.99. The van der Waals surface area contributed by atoms with Crippen molar-refractivity contribution in [1.29, 1.82) is 0 Å². The lowest BCUT2D eigenvalue weighted by atomic mass is 10.0. The van der Waals surface area contributed by atoms with Gasteiger partial charge < -0.3 is 4.90 Å². The Morgan fingerprint density at radius 3 is 2.21 bits per heavy atom. The normalized spacial score (nSPS) is 15.5. The molecule has 0 amide bonds. The van der Waals surface area contributed by atoms with Crippen LogP contribution in [-0.4, -0.2) is 25.0 Å². The monoisotopic (exact) mass is 213 g/mol. The van der Waals surface area contributed by atoms with Crippen LogP contribution in [0.1, 0.15) is 18.6 Å². The average molecular weight is 214 g/mol. The van der Waals surface area contributed by atoms with Gasteiger partial charge in [-0.15, -0.1) is 0 Å². The molecule has 1 rings (SSSR count). The molecule has 0 spiro atoms. The molecule has 0 saturated carbocycles. The van der Waals surface area contributed by atoms with Crippen molar-refractivity contribution in [1.82, 2.24) is 4.90 Å². The molecule has 2 nitrogen and oxygen atoms in total. The van der Waals surface area contributed by atoms with E-state index in [1.807, 2.05) is 44.4 Å². The van der Waals surface area contributed by atoms with Gasteiger partial charge in [-0.3, -0.25) is 4.29 Å². The molecular weight excluding hydrogens is 198 g/mol. The molecule has 0 radical (unpaired) electrons. The van der Waals surface area contributed by atoms with Crippen LogP contribution in [0.4, 0.5) is 0 Å². The molecule has 2 atom stereocenters. The molecule has 2 unspecified atom stereocenters. The fraction of sp³-hybridized carbons (Fsp3) is 0.455. The number of halogens is 1. The summed E-state index contributed by atoms with van der Waals surface area (Å²) in [6.45, 7) is 2.08. The lowest BCUT2D eigenvalue weighted by molar-refractivity contribution is 0.118. The van der Waals surface area contributed by atoms with Gasteiger partial charge in [-0.2, -0.15) is 0 Å². The van der Waals surface area contributed by atoms with Crippen molar-refractivity contribution < 1.29 is 4.29 Å². The van der Waals surface area contributed by atoms with Gasteiger partial charge in [0, 0.05) is 6.04 Å². The summed E-state index contributed by atoms with van der Waals surface area (Å²) in [4.78, 5) is 2.08. The predicted molar refractivity (Wildman–Crippen MR) is 59.3 cm³/mol. The molecule has 0 N–H and O–H groups in total. The average Bonchev–Trinajstić information content (AvgIpc) is 2.20. The Labute approximate surface area is 90.6 Å². The zero-order chi connectivity index (χ0) is 10.6. The molecule has 0 bridgehead atoms. The van der Waals surface area contributed by atoms with Crippen LogP contribution in [0.5, 0.6) is 0 Å². The van der Waals surface area contributed by atoms with Gasteiger partial charge in [0.15, 0.2) is 0 Å². The first kappa shape index (κ1) is 11.5. The van der Waals surface area contributed by atoms with E-state index < -0.39 is 0 Å². The van der Waals surface area contributed by atoms with E-state index >= 15 is 0 Å². The van der Waals surface area contributed by atoms with Crippen molar-refractivity contribution in [3.63, 3.8) is 0 Å². The second kappa shape index (κ2) is 5.35. The largest absolute Gasteiger partial charge is 0.304 e. The first-order valence-corrected chi connectivity index (χ1v) is 4.96. The lowest BCUT2D eigenvalue weighted by Crippen LogP contribution is -2.31. The molecule has 0 fully saturated rings. The Morgan fingerprint density at radius 1 is 1.21 bits per heavy atom. The van der Waals surface area contributed by atoms with Gasteiger partial charge in [0.2, 0.25) is 0 Å². The van der Waals surface area contributed by atoms with Gasteiger partial charge in [0.1, 0.15) is 6.10 Å². The van der Waals surface area contributed by atoms with E-state index in [0.29, 0.717) is 0 Å². The molecule has 0 heterocycles. The summed E-state index contributed by atoms with van der Waals surface area (Å²) in [5, 5.41) is 0. The molecular formula is C11H16ClNO. The van der Waals surface area contributed by atoms with E-state index in [1.54, 1.807) is 0 Å². The van der Waals surface area contributed by atoms with Crippen molar-refractivity contribution >= 4 is 11.9 Å². The molecule has 1 aromatic carbocycles. The van der Waals surface area contributed by atoms with Gasteiger partial charge in [-0.1, -0.05) is 30.3 Å². The summed E-state index contributed by atoms with van der Waals surface area (Å²) in [7, 11) is 4.02. The van der Waals surface area contributed by atoms with E-state index in [9.17, 15) is 0 Å². The van der Waals surface area contributed by atoms with Crippen LogP contribution < -0.4 is 0 Å². The van der Waals surface area contributed by atoms with Crippen LogP contribution in [0, 0.1) is 0 Å². The quantitative estimate of drug-likeness (QED) is 0.763. The molecule has 1 aromatic rings. The summed E-state index contributed by atoms with van der Waals surface area (Å²) in [6, 6.07) is 10.2. The van der Waals surface area contributed by atoms with Crippen molar-refractivity contribution in [3.8, 4) is 0 Å². The highest BCUT2D eigenvalue weighted by atomic mass is 35.5. The van der Waals surface area contributed by atoms with Crippen molar-refractivity contribution in [2.75, 3.05) is 14.1 Å². The first-order valence-electron chi connectivity index (χ1n) is 4.65. The number of nitrogens with zero attached hydrogens (tertiary/aromatic N) is 1. The van der Waals surface area contributed by atoms with E-state index in [2.05, 4.69) is 11.8 Å². The Balaban J connectivity index is 2.82. The third-order valence-corrected chi connectivity index (χ3v) is 2.67. The SMILES string of the molecule is CC(C(OCl)c1ccccc1)N(C)C. The van der Waals surface area contributed by atoms with Crippen molar-refractivity contribution in [2.45, 2.75) is 19.1 Å². The van der Waals surface area contributed by atoms with Gasteiger partial charge in [0.05, 0.1) is 11.9 Å². The second-order valence-electron chi connectivity index (χ2n) is 3.62. The zero-order valence-corrected chi connectivity index (χ0v) is 9.53. The topological polar surface area (TPSA) is 12.5 Å². The summed E-state index contributed by atoms with van der Waals surface area (Å²) in [5.74, 6) is 0. The van der Waals surface area contributed by atoms with Crippen LogP contribution in [0.2, 0.25) is 0 Å². The molecule has 0 saturated heterocycles. The standard InChI is InChI=1S/C11H16ClNO/c1-9(13(2)3)11(14-12)10-7-5-4-6-8-10/h4-9,11H,1-3H3. The van der Waals surface area contributed by atoms with E-state index in [4.69, 9.17) is 16.2 Å². The summed E-state index contributed by atoms with van der Waals surface area (Å²) in [5.41, 5.74) is 1.10. The first-order chi connectivity index (χ1) is 6.66. The predicted octanol–water partition coefficient (Wildman–Crippen LogP) is 2.85. The van der Waals surface area contributed by atoms with E-state index in [1.165, 1.54) is 0 Å². The van der Waals surface area contributed by atoms with Crippen molar-refractivity contribution in [2.24, 2.45) is 0 Å². The fourth-order valence-electron chi connectivity index (χ4n) is 1.32. The number of likely N-dealkylation sites (N-methyl/N-ethyl adjacent to an activating group) is 1. The van der Waals surface area contributed by atoms with Gasteiger partial charge >= 0.3 is 0 Å². The van der Waals surface area contributed by atoms with Crippen molar-refractivity contribution in [3.05, 3.63) is 35.9 Å². The second-order valence-corrected chi connectivity index (χ2v) is 3.80. The van der Waals surface area contributed by atoms with E-state index in [0.717, 1.165) is 5.56 Å². The molecule has 0 aliphatic heterocycles.